The zero-order chi connectivity index (χ0) is 11.2. The Bertz CT molecular complexity index is 404. The van der Waals surface area contributed by atoms with Crippen LogP contribution in [-0.2, 0) is 0 Å². The molecule has 4 heteroatoms. The molecule has 0 amide bonds. The third-order valence-corrected chi connectivity index (χ3v) is 2.73. The van der Waals surface area contributed by atoms with Gasteiger partial charge in [-0.2, -0.15) is 0 Å². The van der Waals surface area contributed by atoms with Gasteiger partial charge in [-0.1, -0.05) is 18.2 Å². The number of thiophene rings is 1. The molecule has 0 spiro atoms. The number of ether oxygens (including phenoxy) is 2. The van der Waals surface area contributed by atoms with Crippen molar-refractivity contribution < 1.29 is 14.6 Å². The molecule has 0 fully saturated rings. The first-order chi connectivity index (χ1) is 7.86. The largest absolute Gasteiger partial charge is 0.508 e. The summed E-state index contributed by atoms with van der Waals surface area (Å²) in [4.78, 5) is 0. The molecule has 2 aromatic rings. The Morgan fingerprint density at radius 1 is 1.00 bits per heavy atom. The van der Waals surface area contributed by atoms with Crippen molar-refractivity contribution in [3.63, 3.8) is 0 Å². The molecule has 1 aromatic carbocycles. The summed E-state index contributed by atoms with van der Waals surface area (Å²) >= 11 is 1.58. The van der Waals surface area contributed by atoms with Crippen LogP contribution in [0, 0.1) is 0 Å². The molecular weight excluding hydrogens is 224 g/mol. The Hall–Kier alpha value is -1.68. The molecule has 0 atom stereocenters. The topological polar surface area (TPSA) is 38.7 Å². The highest BCUT2D eigenvalue weighted by Crippen LogP contribution is 2.35. The Balaban J connectivity index is 0.000000125. The third kappa shape index (κ3) is 2.90. The first kappa shape index (κ1) is 10.8. The van der Waals surface area contributed by atoms with Crippen LogP contribution in [0.2, 0.25) is 0 Å². The van der Waals surface area contributed by atoms with E-state index in [2.05, 4.69) is 0 Å². The van der Waals surface area contributed by atoms with E-state index in [1.54, 1.807) is 35.6 Å². The van der Waals surface area contributed by atoms with Crippen LogP contribution in [0.4, 0.5) is 0 Å². The van der Waals surface area contributed by atoms with Gasteiger partial charge >= 0.3 is 0 Å². The smallest absolute Gasteiger partial charge is 0.217 e. The molecule has 1 aromatic heterocycles. The maximum absolute atomic E-state index is 8.63. The number of para-hydroxylation sites is 1. The van der Waals surface area contributed by atoms with Crippen molar-refractivity contribution in [1.82, 2.24) is 0 Å². The minimum Gasteiger partial charge on any atom is -0.508 e. The Morgan fingerprint density at radius 2 is 1.75 bits per heavy atom. The SMILES string of the molecule is Oc1ccccc1.c1cc2c(s1)OCCO2. The van der Waals surface area contributed by atoms with Gasteiger partial charge in [0.2, 0.25) is 5.06 Å². The molecule has 0 radical (unpaired) electrons. The van der Waals surface area contributed by atoms with Crippen molar-refractivity contribution in [1.29, 1.82) is 0 Å². The summed E-state index contributed by atoms with van der Waals surface area (Å²) in [5, 5.41) is 11.5. The quantitative estimate of drug-likeness (QED) is 0.764. The highest BCUT2D eigenvalue weighted by molar-refractivity contribution is 7.12. The van der Waals surface area contributed by atoms with E-state index in [9.17, 15) is 0 Å². The molecule has 2 heterocycles. The second-order valence-electron chi connectivity index (χ2n) is 3.10. The monoisotopic (exact) mass is 236 g/mol. The number of rotatable bonds is 0. The first-order valence-corrected chi connectivity index (χ1v) is 5.81. The molecule has 1 N–H and O–H groups in total. The molecule has 0 saturated carbocycles. The van der Waals surface area contributed by atoms with Crippen LogP contribution >= 0.6 is 11.3 Å². The average molecular weight is 236 g/mol. The second kappa shape index (κ2) is 5.42. The fourth-order valence-electron chi connectivity index (χ4n) is 1.21. The third-order valence-electron chi connectivity index (χ3n) is 1.93. The number of hydrogen-bond donors (Lipinski definition) is 1. The van der Waals surface area contributed by atoms with E-state index in [0.29, 0.717) is 19.0 Å². The van der Waals surface area contributed by atoms with E-state index in [4.69, 9.17) is 14.6 Å². The van der Waals surface area contributed by atoms with Crippen molar-refractivity contribution >= 4 is 11.3 Å². The summed E-state index contributed by atoms with van der Waals surface area (Å²) in [5.74, 6) is 1.22. The summed E-state index contributed by atoms with van der Waals surface area (Å²) in [7, 11) is 0. The molecule has 3 nitrogen and oxygen atoms in total. The van der Waals surface area contributed by atoms with Crippen molar-refractivity contribution in [3.05, 3.63) is 41.8 Å². The average Bonchev–Trinajstić information content (AvgIpc) is 2.79. The van der Waals surface area contributed by atoms with Crippen LogP contribution in [0.5, 0.6) is 16.6 Å². The molecule has 0 aliphatic carbocycles. The lowest BCUT2D eigenvalue weighted by Crippen LogP contribution is -2.13. The lowest BCUT2D eigenvalue weighted by atomic mass is 10.3. The molecule has 0 saturated heterocycles. The molecule has 3 rings (SSSR count). The molecule has 16 heavy (non-hydrogen) atoms. The number of benzene rings is 1. The van der Waals surface area contributed by atoms with E-state index >= 15 is 0 Å². The van der Waals surface area contributed by atoms with Crippen LogP contribution in [-0.4, -0.2) is 18.3 Å². The van der Waals surface area contributed by atoms with Gasteiger partial charge in [0.15, 0.2) is 5.75 Å². The van der Waals surface area contributed by atoms with E-state index in [-0.39, 0.29) is 0 Å². The number of phenols is 1. The van der Waals surface area contributed by atoms with Gasteiger partial charge in [-0.05, 0) is 23.6 Å². The van der Waals surface area contributed by atoms with Crippen LogP contribution in [0.3, 0.4) is 0 Å². The molecule has 1 aliphatic rings. The van der Waals surface area contributed by atoms with Crippen LogP contribution in [0.15, 0.2) is 41.8 Å². The van der Waals surface area contributed by atoms with Gasteiger partial charge in [-0.25, -0.2) is 0 Å². The van der Waals surface area contributed by atoms with Crippen molar-refractivity contribution in [2.24, 2.45) is 0 Å². The fourth-order valence-corrected chi connectivity index (χ4v) is 1.92. The molecule has 0 unspecified atom stereocenters. The van der Waals surface area contributed by atoms with Crippen LogP contribution in [0.25, 0.3) is 0 Å². The van der Waals surface area contributed by atoms with Crippen molar-refractivity contribution in [2.75, 3.05) is 13.2 Å². The van der Waals surface area contributed by atoms with Gasteiger partial charge in [-0.15, -0.1) is 11.3 Å². The Morgan fingerprint density at radius 3 is 2.38 bits per heavy atom. The molecule has 0 bridgehead atoms. The molecule has 84 valence electrons. The second-order valence-corrected chi connectivity index (χ2v) is 3.98. The summed E-state index contributed by atoms with van der Waals surface area (Å²) in [6, 6.07) is 10.6. The first-order valence-electron chi connectivity index (χ1n) is 4.93. The summed E-state index contributed by atoms with van der Waals surface area (Å²) < 4.78 is 10.5. The summed E-state index contributed by atoms with van der Waals surface area (Å²) in [6.07, 6.45) is 0. The predicted molar refractivity (Wildman–Crippen MR) is 63.4 cm³/mol. The van der Waals surface area contributed by atoms with Crippen molar-refractivity contribution in [2.45, 2.75) is 0 Å². The van der Waals surface area contributed by atoms with E-state index < -0.39 is 0 Å². The number of aromatic hydroxyl groups is 1. The Kier molecular flexibility index (Phi) is 3.66. The minimum absolute atomic E-state index is 0.322. The van der Waals surface area contributed by atoms with Gasteiger partial charge in [0.05, 0.1) is 0 Å². The van der Waals surface area contributed by atoms with E-state index in [0.717, 1.165) is 10.8 Å². The highest BCUT2D eigenvalue weighted by Gasteiger charge is 2.10. The van der Waals surface area contributed by atoms with E-state index in [1.807, 2.05) is 17.5 Å². The molecular formula is C12H12O3S. The lowest BCUT2D eigenvalue weighted by Gasteiger charge is -2.13. The standard InChI is InChI=1S/C6H6O2S.C6H6O/c1-4-9-6-5(1)7-2-3-8-6;7-6-4-2-1-3-5-6/h1,4H,2-3H2;1-5,7H. The van der Waals surface area contributed by atoms with Gasteiger partial charge < -0.3 is 14.6 Å². The van der Waals surface area contributed by atoms with Crippen LogP contribution < -0.4 is 9.47 Å². The zero-order valence-corrected chi connectivity index (χ0v) is 9.44. The molecule has 1 aliphatic heterocycles. The maximum atomic E-state index is 8.63. The van der Waals surface area contributed by atoms with Gasteiger partial charge in [0.1, 0.15) is 19.0 Å². The number of phenolic OH excluding ortho intramolecular Hbond substituents is 1. The lowest BCUT2D eigenvalue weighted by molar-refractivity contribution is 0.178. The minimum atomic E-state index is 0.322. The highest BCUT2D eigenvalue weighted by atomic mass is 32.1. The normalized spacial score (nSPS) is 12.5. The summed E-state index contributed by atoms with van der Waals surface area (Å²) in [6.45, 7) is 1.37. The predicted octanol–water partition coefficient (Wildman–Crippen LogP) is 2.91. The van der Waals surface area contributed by atoms with Crippen molar-refractivity contribution in [3.8, 4) is 16.6 Å². The summed E-state index contributed by atoms with van der Waals surface area (Å²) in [5.41, 5.74) is 0. The fraction of sp³-hybridized carbons (Fsp3) is 0.167. The zero-order valence-electron chi connectivity index (χ0n) is 8.63. The number of hydrogen-bond acceptors (Lipinski definition) is 4. The Labute approximate surface area is 97.9 Å². The van der Waals surface area contributed by atoms with Crippen LogP contribution in [0.1, 0.15) is 0 Å². The van der Waals surface area contributed by atoms with E-state index in [1.165, 1.54) is 0 Å². The van der Waals surface area contributed by atoms with Gasteiger partial charge in [-0.3, -0.25) is 0 Å². The number of fused-ring (bicyclic) bond motifs is 1. The van der Waals surface area contributed by atoms with Gasteiger partial charge in [0.25, 0.3) is 0 Å². The maximum Gasteiger partial charge on any atom is 0.217 e. The van der Waals surface area contributed by atoms with Gasteiger partial charge in [0, 0.05) is 0 Å².